The molecule has 0 radical (unpaired) electrons. The average Bonchev–Trinajstić information content (AvgIpc) is 2.95. The molecular weight excluding hydrogens is 324 g/mol. The van der Waals surface area contributed by atoms with E-state index >= 15 is 0 Å². The van der Waals surface area contributed by atoms with Gasteiger partial charge in [-0.05, 0) is 38.3 Å². The molecule has 1 heterocycles. The van der Waals surface area contributed by atoms with Crippen molar-refractivity contribution >= 4 is 18.1 Å². The third-order valence-corrected chi connectivity index (χ3v) is 3.82. The summed E-state index contributed by atoms with van der Waals surface area (Å²) in [6, 6.07) is 4.55. The zero-order valence-electron chi connectivity index (χ0n) is 12.5. The molecule has 9 heteroatoms. The van der Waals surface area contributed by atoms with Crippen LogP contribution in [0.4, 0.5) is 5.69 Å². The van der Waals surface area contributed by atoms with Crippen LogP contribution in [0.5, 0.6) is 5.75 Å². The van der Waals surface area contributed by atoms with Gasteiger partial charge in [-0.25, -0.2) is 0 Å². The third-order valence-electron chi connectivity index (χ3n) is 3.82. The molecule has 0 atom stereocenters. The van der Waals surface area contributed by atoms with Crippen LogP contribution in [0.1, 0.15) is 32.0 Å². The van der Waals surface area contributed by atoms with Gasteiger partial charge in [0.05, 0.1) is 17.1 Å². The van der Waals surface area contributed by atoms with Crippen molar-refractivity contribution in [1.82, 2.24) is 10.1 Å². The smallest absolute Gasteiger partial charge is 0.311 e. The Bertz CT molecular complexity index is 715. The quantitative estimate of drug-likeness (QED) is 0.656. The molecule has 2 aromatic rings. The molecule has 0 saturated heterocycles. The van der Waals surface area contributed by atoms with Gasteiger partial charge >= 0.3 is 5.69 Å². The van der Waals surface area contributed by atoms with Crippen LogP contribution in [0.25, 0.3) is 11.5 Å². The Balaban J connectivity index is 0.00000192. The van der Waals surface area contributed by atoms with E-state index in [1.54, 1.807) is 13.0 Å². The van der Waals surface area contributed by atoms with Crippen LogP contribution < -0.4 is 10.5 Å². The molecule has 0 unspecified atom stereocenters. The standard InChI is InChI=1S/C14H16N4O4.ClH/c1-2-21-11-5-4-9(8-10(11)18(19)20)12-16-13(17-22-12)14(15)6-3-7-14;/h4-5,8H,2-3,6-7,15H2,1H3;1H. The Labute approximate surface area is 138 Å². The van der Waals surface area contributed by atoms with Gasteiger partial charge < -0.3 is 15.0 Å². The highest BCUT2D eigenvalue weighted by atomic mass is 35.5. The molecule has 1 aliphatic carbocycles. The second kappa shape index (κ2) is 6.51. The number of nitro groups is 1. The molecule has 23 heavy (non-hydrogen) atoms. The SMILES string of the molecule is CCOc1ccc(-c2nc(C3(N)CCC3)no2)cc1[N+](=O)[O-].Cl. The van der Waals surface area contributed by atoms with Crippen molar-refractivity contribution in [2.75, 3.05) is 6.61 Å². The van der Waals surface area contributed by atoms with Gasteiger partial charge in [0.25, 0.3) is 5.89 Å². The highest BCUT2D eigenvalue weighted by Crippen LogP contribution is 2.38. The minimum atomic E-state index is -0.529. The molecule has 0 aliphatic heterocycles. The first-order valence-corrected chi connectivity index (χ1v) is 7.08. The van der Waals surface area contributed by atoms with Crippen molar-refractivity contribution in [3.63, 3.8) is 0 Å². The number of nitrogens with two attached hydrogens (primary N) is 1. The first-order chi connectivity index (χ1) is 10.5. The Kier molecular flexibility index (Phi) is 4.86. The second-order valence-corrected chi connectivity index (χ2v) is 5.31. The first-order valence-electron chi connectivity index (χ1n) is 7.08. The summed E-state index contributed by atoms with van der Waals surface area (Å²) < 4.78 is 10.4. The van der Waals surface area contributed by atoms with Crippen molar-refractivity contribution < 1.29 is 14.2 Å². The van der Waals surface area contributed by atoms with Crippen molar-refractivity contribution in [1.29, 1.82) is 0 Å². The van der Waals surface area contributed by atoms with E-state index in [9.17, 15) is 10.1 Å². The predicted octanol–water partition coefficient (Wildman–Crippen LogP) is 2.80. The predicted molar refractivity (Wildman–Crippen MR) is 84.5 cm³/mol. The van der Waals surface area contributed by atoms with Gasteiger partial charge in [-0.15, -0.1) is 12.4 Å². The fourth-order valence-corrected chi connectivity index (χ4v) is 2.39. The summed E-state index contributed by atoms with van der Waals surface area (Å²) in [7, 11) is 0. The lowest BCUT2D eigenvalue weighted by Gasteiger charge is -2.34. The highest BCUT2D eigenvalue weighted by molar-refractivity contribution is 5.85. The molecule has 0 spiro atoms. The largest absolute Gasteiger partial charge is 0.487 e. The topological polar surface area (TPSA) is 117 Å². The Morgan fingerprint density at radius 3 is 2.78 bits per heavy atom. The van der Waals surface area contributed by atoms with E-state index in [0.717, 1.165) is 19.3 Å². The number of halogens is 1. The van der Waals surface area contributed by atoms with E-state index < -0.39 is 10.5 Å². The van der Waals surface area contributed by atoms with E-state index in [2.05, 4.69) is 10.1 Å². The highest BCUT2D eigenvalue weighted by Gasteiger charge is 2.39. The van der Waals surface area contributed by atoms with Crippen LogP contribution in [0, 0.1) is 10.1 Å². The third kappa shape index (κ3) is 3.13. The molecule has 0 bridgehead atoms. The van der Waals surface area contributed by atoms with Gasteiger partial charge in [0.15, 0.2) is 11.6 Å². The number of hydrogen-bond acceptors (Lipinski definition) is 7. The second-order valence-electron chi connectivity index (χ2n) is 5.31. The first kappa shape index (κ1) is 17.2. The molecular formula is C14H17ClN4O4. The monoisotopic (exact) mass is 340 g/mol. The van der Waals surface area contributed by atoms with Gasteiger partial charge in [-0.2, -0.15) is 4.98 Å². The Morgan fingerprint density at radius 2 is 2.22 bits per heavy atom. The average molecular weight is 341 g/mol. The van der Waals surface area contributed by atoms with Crippen LogP contribution >= 0.6 is 12.4 Å². The van der Waals surface area contributed by atoms with Crippen molar-refractivity contribution in [2.45, 2.75) is 31.7 Å². The van der Waals surface area contributed by atoms with E-state index in [0.29, 0.717) is 18.0 Å². The van der Waals surface area contributed by atoms with Gasteiger partial charge in [-0.3, -0.25) is 10.1 Å². The number of nitrogens with zero attached hydrogens (tertiary/aromatic N) is 3. The Morgan fingerprint density at radius 1 is 1.48 bits per heavy atom. The summed E-state index contributed by atoms with van der Waals surface area (Å²) in [5, 5.41) is 15.0. The van der Waals surface area contributed by atoms with E-state index in [-0.39, 0.29) is 29.7 Å². The fraction of sp³-hybridized carbons (Fsp3) is 0.429. The molecule has 1 aromatic heterocycles. The van der Waals surface area contributed by atoms with Crippen LogP contribution in [0.3, 0.4) is 0 Å². The van der Waals surface area contributed by atoms with Crippen LogP contribution in [0.15, 0.2) is 22.7 Å². The lowest BCUT2D eigenvalue weighted by atomic mass is 9.77. The van der Waals surface area contributed by atoms with Crippen molar-refractivity contribution in [3.05, 3.63) is 34.1 Å². The van der Waals surface area contributed by atoms with E-state index in [1.165, 1.54) is 12.1 Å². The van der Waals surface area contributed by atoms with E-state index in [1.807, 2.05) is 0 Å². The number of rotatable bonds is 5. The molecule has 0 amide bonds. The van der Waals surface area contributed by atoms with Crippen LogP contribution in [0.2, 0.25) is 0 Å². The summed E-state index contributed by atoms with van der Waals surface area (Å²) in [6.45, 7) is 2.11. The number of hydrogen-bond donors (Lipinski definition) is 1. The van der Waals surface area contributed by atoms with E-state index in [4.69, 9.17) is 15.0 Å². The van der Waals surface area contributed by atoms with Crippen LogP contribution in [-0.2, 0) is 5.54 Å². The maximum absolute atomic E-state index is 11.1. The molecule has 2 N–H and O–H groups in total. The molecule has 1 aromatic carbocycles. The summed E-state index contributed by atoms with van der Waals surface area (Å²) in [5.74, 6) is 0.883. The van der Waals surface area contributed by atoms with Gasteiger partial charge in [0, 0.05) is 11.6 Å². The minimum Gasteiger partial charge on any atom is -0.487 e. The maximum atomic E-state index is 11.1. The fourth-order valence-electron chi connectivity index (χ4n) is 2.39. The number of aromatic nitrogens is 2. The Hall–Kier alpha value is -2.19. The number of nitro benzene ring substituents is 1. The normalized spacial score (nSPS) is 15.4. The molecule has 124 valence electrons. The van der Waals surface area contributed by atoms with Crippen LogP contribution in [-0.4, -0.2) is 21.7 Å². The zero-order chi connectivity index (χ0) is 15.7. The van der Waals surface area contributed by atoms with Crippen molar-refractivity contribution in [2.24, 2.45) is 5.73 Å². The molecule has 1 aliphatic rings. The molecule has 8 nitrogen and oxygen atoms in total. The molecule has 1 fully saturated rings. The summed E-state index contributed by atoms with van der Waals surface area (Å²) in [5.41, 5.74) is 5.95. The maximum Gasteiger partial charge on any atom is 0.311 e. The van der Waals surface area contributed by atoms with Gasteiger partial charge in [-0.1, -0.05) is 5.16 Å². The minimum absolute atomic E-state index is 0. The van der Waals surface area contributed by atoms with Crippen molar-refractivity contribution in [3.8, 4) is 17.2 Å². The lowest BCUT2D eigenvalue weighted by Crippen LogP contribution is -2.44. The lowest BCUT2D eigenvalue weighted by molar-refractivity contribution is -0.385. The number of ether oxygens (including phenoxy) is 1. The molecule has 3 rings (SSSR count). The number of benzene rings is 1. The summed E-state index contributed by atoms with van der Waals surface area (Å²) >= 11 is 0. The summed E-state index contributed by atoms with van der Waals surface area (Å²) in [4.78, 5) is 14.9. The zero-order valence-corrected chi connectivity index (χ0v) is 13.3. The molecule has 1 saturated carbocycles. The summed E-state index contributed by atoms with van der Waals surface area (Å²) in [6.07, 6.45) is 2.67. The van der Waals surface area contributed by atoms with Gasteiger partial charge in [0.1, 0.15) is 0 Å². The van der Waals surface area contributed by atoms with Gasteiger partial charge in [0.2, 0.25) is 0 Å².